The number of hydrogen-bond donors (Lipinski definition) is 2. The van der Waals surface area contributed by atoms with E-state index in [0.29, 0.717) is 10.6 Å². The largest absolute Gasteiger partial charge is 0.397 e. The first-order valence-electron chi connectivity index (χ1n) is 10.1. The molecule has 3 N–H and O–H groups in total. The van der Waals surface area contributed by atoms with E-state index >= 15 is 0 Å². The predicted octanol–water partition coefficient (Wildman–Crippen LogP) is 6.30. The monoisotopic (exact) mass is 477 g/mol. The molecule has 0 fully saturated rings. The Morgan fingerprint density at radius 2 is 1.94 bits per heavy atom. The highest BCUT2D eigenvalue weighted by Crippen LogP contribution is 2.35. The van der Waals surface area contributed by atoms with Gasteiger partial charge in [0.1, 0.15) is 9.71 Å². The van der Waals surface area contributed by atoms with Crippen molar-refractivity contribution >= 4 is 72.2 Å². The summed E-state index contributed by atoms with van der Waals surface area (Å²) in [4.78, 5) is 27.6. The van der Waals surface area contributed by atoms with Gasteiger partial charge in [-0.3, -0.25) is 9.78 Å². The molecule has 0 saturated heterocycles. The van der Waals surface area contributed by atoms with Gasteiger partial charge < -0.3 is 11.1 Å². The highest BCUT2D eigenvalue weighted by molar-refractivity contribution is 8.01. The lowest BCUT2D eigenvalue weighted by molar-refractivity contribution is 0.103. The highest BCUT2D eigenvalue weighted by atomic mass is 32.2. The standard InChI is InChI=1S/C23H19N5OS3/c1-2-11-30-23-28-17-5-3-14(12-18(17)31-23)26-21(29)20-19(24)15-4-6-16(27-22(15)32-20)13-7-9-25-10-8-13/h3-10,12H,2,11,24H2,1H3,(H,26,29). The summed E-state index contributed by atoms with van der Waals surface area (Å²) in [6.45, 7) is 2.16. The number of thiazole rings is 1. The fourth-order valence-corrected chi connectivity index (χ4v) is 6.29. The number of nitrogens with one attached hydrogen (secondary N) is 1. The molecule has 1 aromatic carbocycles. The third kappa shape index (κ3) is 4.06. The first-order valence-corrected chi connectivity index (χ1v) is 12.7. The van der Waals surface area contributed by atoms with Gasteiger partial charge in [0, 0.05) is 34.8 Å². The van der Waals surface area contributed by atoms with Gasteiger partial charge in [-0.15, -0.1) is 22.7 Å². The number of amides is 1. The molecular formula is C23H19N5OS3. The summed E-state index contributed by atoms with van der Waals surface area (Å²) in [5.41, 5.74) is 10.2. The molecule has 0 aliphatic carbocycles. The summed E-state index contributed by atoms with van der Waals surface area (Å²) < 4.78 is 2.10. The highest BCUT2D eigenvalue weighted by Gasteiger charge is 2.18. The second-order valence-corrected chi connectivity index (χ2v) is 10.5. The van der Waals surface area contributed by atoms with Gasteiger partial charge in [-0.2, -0.15) is 0 Å². The summed E-state index contributed by atoms with van der Waals surface area (Å²) >= 11 is 4.71. The number of nitrogen functional groups attached to an aromatic ring is 1. The van der Waals surface area contributed by atoms with E-state index in [2.05, 4.69) is 22.2 Å². The van der Waals surface area contributed by atoms with Crippen molar-refractivity contribution in [3.8, 4) is 11.3 Å². The van der Waals surface area contributed by atoms with Gasteiger partial charge in [-0.1, -0.05) is 18.7 Å². The van der Waals surface area contributed by atoms with Crippen molar-refractivity contribution in [2.75, 3.05) is 16.8 Å². The number of hydrogen-bond acceptors (Lipinski definition) is 8. The van der Waals surface area contributed by atoms with Crippen LogP contribution in [0.2, 0.25) is 0 Å². The molecular weight excluding hydrogens is 458 g/mol. The number of pyridine rings is 2. The van der Waals surface area contributed by atoms with Crippen molar-refractivity contribution in [2.45, 2.75) is 17.7 Å². The van der Waals surface area contributed by atoms with E-state index in [4.69, 9.17) is 10.7 Å². The van der Waals surface area contributed by atoms with Gasteiger partial charge in [0.15, 0.2) is 4.34 Å². The molecule has 9 heteroatoms. The normalized spacial score (nSPS) is 11.3. The molecule has 0 saturated carbocycles. The average Bonchev–Trinajstić information content (AvgIpc) is 3.38. The molecule has 32 heavy (non-hydrogen) atoms. The van der Waals surface area contributed by atoms with Crippen LogP contribution in [0.25, 0.3) is 31.7 Å². The van der Waals surface area contributed by atoms with Crippen LogP contribution in [-0.4, -0.2) is 26.6 Å². The molecule has 4 heterocycles. The second kappa shape index (κ2) is 8.85. The molecule has 0 unspecified atom stereocenters. The number of rotatable bonds is 6. The lowest BCUT2D eigenvalue weighted by Gasteiger charge is -2.04. The fraction of sp³-hybridized carbons (Fsp3) is 0.130. The van der Waals surface area contributed by atoms with Crippen LogP contribution in [0.15, 0.2) is 59.2 Å². The van der Waals surface area contributed by atoms with Gasteiger partial charge in [-0.05, 0) is 48.9 Å². The Morgan fingerprint density at radius 1 is 1.09 bits per heavy atom. The first kappa shape index (κ1) is 20.9. The Labute approximate surface area is 196 Å². The van der Waals surface area contributed by atoms with E-state index in [0.717, 1.165) is 53.9 Å². The molecule has 5 rings (SSSR count). The number of thiophene rings is 1. The zero-order valence-electron chi connectivity index (χ0n) is 17.2. The second-order valence-electron chi connectivity index (χ2n) is 7.09. The molecule has 160 valence electrons. The van der Waals surface area contributed by atoms with Crippen molar-refractivity contribution in [3.63, 3.8) is 0 Å². The van der Waals surface area contributed by atoms with Crippen LogP contribution >= 0.6 is 34.4 Å². The zero-order chi connectivity index (χ0) is 22.1. The van der Waals surface area contributed by atoms with E-state index in [1.165, 1.54) is 11.3 Å². The Bertz CT molecular complexity index is 1430. The van der Waals surface area contributed by atoms with Crippen LogP contribution in [0.1, 0.15) is 23.0 Å². The molecule has 0 radical (unpaired) electrons. The maximum absolute atomic E-state index is 13.0. The van der Waals surface area contributed by atoms with Crippen LogP contribution in [0.3, 0.4) is 0 Å². The van der Waals surface area contributed by atoms with Crippen molar-refractivity contribution < 1.29 is 4.79 Å². The van der Waals surface area contributed by atoms with E-state index in [-0.39, 0.29) is 5.91 Å². The summed E-state index contributed by atoms with van der Waals surface area (Å²) in [7, 11) is 0. The summed E-state index contributed by atoms with van der Waals surface area (Å²) in [6.07, 6.45) is 4.57. The third-order valence-corrected chi connectivity index (χ3v) is 8.31. The van der Waals surface area contributed by atoms with Gasteiger partial charge in [0.2, 0.25) is 0 Å². The van der Waals surface area contributed by atoms with Gasteiger partial charge in [-0.25, -0.2) is 9.97 Å². The summed E-state index contributed by atoms with van der Waals surface area (Å²) in [5, 5.41) is 3.76. The van der Waals surface area contributed by atoms with Gasteiger partial charge in [0.05, 0.1) is 21.6 Å². The fourth-order valence-electron chi connectivity index (χ4n) is 3.27. The summed E-state index contributed by atoms with van der Waals surface area (Å²) in [6, 6.07) is 13.4. The minimum absolute atomic E-state index is 0.236. The average molecular weight is 478 g/mol. The number of carbonyl (C=O) groups is 1. The first-order chi connectivity index (χ1) is 15.6. The van der Waals surface area contributed by atoms with Crippen molar-refractivity contribution in [2.24, 2.45) is 0 Å². The van der Waals surface area contributed by atoms with E-state index < -0.39 is 0 Å². The molecule has 6 nitrogen and oxygen atoms in total. The summed E-state index contributed by atoms with van der Waals surface area (Å²) in [5.74, 6) is 0.811. The van der Waals surface area contributed by atoms with E-state index in [1.807, 2.05) is 42.5 Å². The van der Waals surface area contributed by atoms with Crippen LogP contribution in [0, 0.1) is 0 Å². The van der Waals surface area contributed by atoms with Crippen molar-refractivity contribution in [3.05, 3.63) is 59.7 Å². The number of thioether (sulfide) groups is 1. The molecule has 1 amide bonds. The predicted molar refractivity (Wildman–Crippen MR) is 136 cm³/mol. The van der Waals surface area contributed by atoms with Crippen LogP contribution < -0.4 is 11.1 Å². The van der Waals surface area contributed by atoms with E-state index in [9.17, 15) is 4.79 Å². The molecule has 0 spiro atoms. The van der Waals surface area contributed by atoms with Crippen molar-refractivity contribution in [1.82, 2.24) is 15.0 Å². The lowest BCUT2D eigenvalue weighted by Crippen LogP contribution is -2.11. The Morgan fingerprint density at radius 3 is 2.75 bits per heavy atom. The third-order valence-electron chi connectivity index (χ3n) is 4.83. The Kier molecular flexibility index (Phi) is 5.77. The van der Waals surface area contributed by atoms with Gasteiger partial charge >= 0.3 is 0 Å². The number of aromatic nitrogens is 3. The molecule has 5 aromatic rings. The van der Waals surface area contributed by atoms with Crippen LogP contribution in [0.4, 0.5) is 11.4 Å². The number of nitrogens with zero attached hydrogens (tertiary/aromatic N) is 3. The molecule has 0 aliphatic heterocycles. The topological polar surface area (TPSA) is 93.8 Å². The molecule has 0 atom stereocenters. The maximum atomic E-state index is 13.0. The molecule has 0 aliphatic rings. The number of fused-ring (bicyclic) bond motifs is 2. The maximum Gasteiger partial charge on any atom is 0.267 e. The van der Waals surface area contributed by atoms with Crippen LogP contribution in [-0.2, 0) is 0 Å². The minimum Gasteiger partial charge on any atom is -0.397 e. The van der Waals surface area contributed by atoms with E-state index in [1.54, 1.807) is 35.5 Å². The lowest BCUT2D eigenvalue weighted by atomic mass is 10.1. The Hall–Kier alpha value is -3.01. The molecule has 0 bridgehead atoms. The quantitative estimate of drug-likeness (QED) is 0.279. The molecule has 4 aromatic heterocycles. The SMILES string of the molecule is CCCSc1nc2ccc(NC(=O)c3sc4nc(-c5ccncc5)ccc4c3N)cc2s1. The van der Waals surface area contributed by atoms with Crippen molar-refractivity contribution in [1.29, 1.82) is 0 Å². The minimum atomic E-state index is -0.236. The Balaban J connectivity index is 1.41. The number of anilines is 2. The number of carbonyl (C=O) groups excluding carboxylic acids is 1. The van der Waals surface area contributed by atoms with Crippen LogP contribution in [0.5, 0.6) is 0 Å². The number of benzene rings is 1. The zero-order valence-corrected chi connectivity index (χ0v) is 19.6. The van der Waals surface area contributed by atoms with Gasteiger partial charge in [0.25, 0.3) is 5.91 Å². The number of nitrogens with two attached hydrogens (primary N) is 1. The smallest absolute Gasteiger partial charge is 0.267 e.